The minimum Gasteiger partial charge on any atom is -0.396 e. The second kappa shape index (κ2) is 5.25. The van der Waals surface area contributed by atoms with E-state index < -0.39 is 10.1 Å². The van der Waals surface area contributed by atoms with Gasteiger partial charge in [-0.25, -0.2) is 0 Å². The predicted octanol–water partition coefficient (Wildman–Crippen LogP) is 2.28. The molecule has 0 heterocycles. The van der Waals surface area contributed by atoms with Crippen molar-refractivity contribution >= 4 is 10.1 Å². The first-order valence-electron chi connectivity index (χ1n) is 7.58. The third-order valence-corrected chi connectivity index (χ3v) is 6.32. The van der Waals surface area contributed by atoms with E-state index >= 15 is 0 Å². The molecule has 1 N–H and O–H groups in total. The minimum absolute atomic E-state index is 0.0904. The van der Waals surface area contributed by atoms with Gasteiger partial charge in [-0.1, -0.05) is 27.7 Å². The van der Waals surface area contributed by atoms with Gasteiger partial charge in [0.2, 0.25) is 0 Å². The Morgan fingerprint density at radius 2 is 2.00 bits per heavy atom. The smallest absolute Gasteiger partial charge is 0.264 e. The molecule has 118 valence electrons. The number of aliphatic hydroxyl groups is 1. The molecule has 20 heavy (non-hydrogen) atoms. The van der Waals surface area contributed by atoms with Crippen molar-refractivity contribution in [2.75, 3.05) is 12.9 Å². The molecule has 5 heteroatoms. The van der Waals surface area contributed by atoms with Crippen LogP contribution in [0.25, 0.3) is 0 Å². The molecular weight excluding hydrogens is 276 g/mol. The van der Waals surface area contributed by atoms with E-state index in [1.165, 1.54) is 0 Å². The Kier molecular flexibility index (Phi) is 4.27. The number of aliphatic hydroxyl groups excluding tert-OH is 1. The molecule has 3 fully saturated rings. The number of hydrogen-bond donors (Lipinski definition) is 1. The highest BCUT2D eigenvalue weighted by atomic mass is 32.2. The molecule has 0 aromatic rings. The summed E-state index contributed by atoms with van der Waals surface area (Å²) in [6.45, 7) is 8.79. The van der Waals surface area contributed by atoms with Crippen molar-refractivity contribution in [2.24, 2.45) is 35.0 Å². The normalized spacial score (nSPS) is 45.0. The van der Waals surface area contributed by atoms with Crippen molar-refractivity contribution in [3.8, 4) is 0 Å². The third kappa shape index (κ3) is 2.77. The van der Waals surface area contributed by atoms with Crippen molar-refractivity contribution in [3.63, 3.8) is 0 Å². The first kappa shape index (κ1) is 16.2. The topological polar surface area (TPSA) is 63.6 Å². The van der Waals surface area contributed by atoms with E-state index in [9.17, 15) is 13.5 Å². The zero-order valence-corrected chi connectivity index (χ0v) is 14.0. The van der Waals surface area contributed by atoms with Gasteiger partial charge in [0.15, 0.2) is 0 Å². The number of rotatable bonds is 4. The fraction of sp³-hybridized carbons (Fsp3) is 1.00. The van der Waals surface area contributed by atoms with Gasteiger partial charge in [-0.2, -0.15) is 8.42 Å². The van der Waals surface area contributed by atoms with Crippen LogP contribution in [0.1, 0.15) is 40.5 Å². The molecule has 3 aliphatic carbocycles. The zero-order valence-electron chi connectivity index (χ0n) is 13.2. The molecule has 0 aromatic carbocycles. The van der Waals surface area contributed by atoms with E-state index in [4.69, 9.17) is 4.18 Å². The molecule has 4 nitrogen and oxygen atoms in total. The average molecular weight is 304 g/mol. The lowest BCUT2D eigenvalue weighted by atomic mass is 9.47. The maximum Gasteiger partial charge on any atom is 0.264 e. The van der Waals surface area contributed by atoms with E-state index in [2.05, 4.69) is 27.7 Å². The minimum atomic E-state index is -3.43. The quantitative estimate of drug-likeness (QED) is 0.809. The third-order valence-electron chi connectivity index (χ3n) is 5.75. The van der Waals surface area contributed by atoms with Gasteiger partial charge >= 0.3 is 0 Å². The predicted molar refractivity (Wildman–Crippen MR) is 78.6 cm³/mol. The van der Waals surface area contributed by atoms with Crippen LogP contribution in [0.2, 0.25) is 0 Å². The van der Waals surface area contributed by atoms with Crippen molar-refractivity contribution in [1.29, 1.82) is 0 Å². The lowest BCUT2D eigenvalue weighted by molar-refractivity contribution is -0.156. The molecular formula is C15H28O4S. The van der Waals surface area contributed by atoms with Crippen LogP contribution in [0.5, 0.6) is 0 Å². The maximum absolute atomic E-state index is 11.6. The molecule has 3 saturated carbocycles. The largest absolute Gasteiger partial charge is 0.396 e. The summed E-state index contributed by atoms with van der Waals surface area (Å²) >= 11 is 0. The van der Waals surface area contributed by atoms with E-state index in [1.807, 2.05) is 0 Å². The van der Waals surface area contributed by atoms with Crippen LogP contribution in [0.3, 0.4) is 0 Å². The standard InChI is InChI=1S/C15H28O4S/c1-9(2)11-6-13-10(3)14(19-20(5,17)18)12(11)7-15(13,4)8-16/h9-14,16H,6-8H2,1-5H3/t10-,11-,12-,13+,14-,15-/m0/s1. The first-order valence-corrected chi connectivity index (χ1v) is 9.40. The Hall–Kier alpha value is -0.130. The van der Waals surface area contributed by atoms with Crippen molar-refractivity contribution in [1.82, 2.24) is 0 Å². The summed E-state index contributed by atoms with van der Waals surface area (Å²) in [5.41, 5.74) is -0.0904. The molecule has 0 radical (unpaired) electrons. The van der Waals surface area contributed by atoms with E-state index in [1.54, 1.807) is 0 Å². The van der Waals surface area contributed by atoms with Crippen molar-refractivity contribution in [2.45, 2.75) is 46.6 Å². The van der Waals surface area contributed by atoms with Crippen LogP contribution < -0.4 is 0 Å². The Labute approximate surface area is 123 Å². The number of fused-ring (bicyclic) bond motifs is 3. The summed E-state index contributed by atoms with van der Waals surface area (Å²) in [6.07, 6.45) is 2.85. The summed E-state index contributed by atoms with van der Waals surface area (Å²) in [7, 11) is -3.43. The summed E-state index contributed by atoms with van der Waals surface area (Å²) < 4.78 is 28.5. The molecule has 0 saturated heterocycles. The van der Waals surface area contributed by atoms with Gasteiger partial charge in [0.25, 0.3) is 10.1 Å². The lowest BCUT2D eigenvalue weighted by Gasteiger charge is -2.59. The molecule has 0 aliphatic heterocycles. The van der Waals surface area contributed by atoms with Crippen molar-refractivity contribution < 1.29 is 17.7 Å². The fourth-order valence-corrected chi connectivity index (χ4v) is 5.45. The summed E-state index contributed by atoms with van der Waals surface area (Å²) in [5, 5.41) is 9.77. The summed E-state index contributed by atoms with van der Waals surface area (Å²) in [6, 6.07) is 0. The highest BCUT2D eigenvalue weighted by Gasteiger charge is 2.57. The van der Waals surface area contributed by atoms with Gasteiger partial charge in [0, 0.05) is 6.61 Å². The molecule has 3 rings (SSSR count). The van der Waals surface area contributed by atoms with Gasteiger partial charge in [-0.05, 0) is 47.8 Å². The van der Waals surface area contributed by atoms with E-state index in [0.717, 1.165) is 19.1 Å². The SMILES string of the molecule is CC(C)[C@@H]1C[C@@H]2[C@H](C)[C@H](OS(C)(=O)=O)[C@H]1C[C@@]2(C)CO. The average Bonchev–Trinajstić information content (AvgIpc) is 2.32. The monoisotopic (exact) mass is 304 g/mol. The first-order chi connectivity index (χ1) is 9.09. The Morgan fingerprint density at radius 1 is 1.40 bits per heavy atom. The molecule has 0 spiro atoms. The molecule has 0 unspecified atom stereocenters. The zero-order chi connectivity index (χ0) is 15.3. The summed E-state index contributed by atoms with van der Waals surface area (Å²) in [5.74, 6) is 1.74. The highest BCUT2D eigenvalue weighted by Crippen LogP contribution is 2.59. The molecule has 6 atom stereocenters. The van der Waals surface area contributed by atoms with E-state index in [-0.39, 0.29) is 30.0 Å². The van der Waals surface area contributed by atoms with Gasteiger partial charge in [-0.3, -0.25) is 4.18 Å². The Morgan fingerprint density at radius 3 is 2.45 bits per heavy atom. The highest BCUT2D eigenvalue weighted by molar-refractivity contribution is 7.86. The second-order valence-electron chi connectivity index (χ2n) is 7.55. The number of hydrogen-bond acceptors (Lipinski definition) is 4. The summed E-state index contributed by atoms with van der Waals surface area (Å²) in [4.78, 5) is 0. The second-order valence-corrected chi connectivity index (χ2v) is 9.15. The van der Waals surface area contributed by atoms with E-state index in [0.29, 0.717) is 17.8 Å². The Balaban J connectivity index is 2.33. The van der Waals surface area contributed by atoms with Crippen LogP contribution in [-0.4, -0.2) is 32.5 Å². The molecule has 0 amide bonds. The van der Waals surface area contributed by atoms with Crippen molar-refractivity contribution in [3.05, 3.63) is 0 Å². The molecule has 3 aliphatic rings. The van der Waals surface area contributed by atoms with Gasteiger partial charge in [0.1, 0.15) is 0 Å². The van der Waals surface area contributed by atoms with Crippen LogP contribution in [0.4, 0.5) is 0 Å². The maximum atomic E-state index is 11.6. The van der Waals surface area contributed by atoms with Crippen LogP contribution in [-0.2, 0) is 14.3 Å². The van der Waals surface area contributed by atoms with Crippen LogP contribution in [0, 0.1) is 35.0 Å². The molecule has 0 aromatic heterocycles. The van der Waals surface area contributed by atoms with Gasteiger partial charge < -0.3 is 5.11 Å². The van der Waals surface area contributed by atoms with Crippen LogP contribution in [0.15, 0.2) is 0 Å². The lowest BCUT2D eigenvalue weighted by Crippen LogP contribution is -2.58. The van der Waals surface area contributed by atoms with Gasteiger partial charge in [0.05, 0.1) is 12.4 Å². The van der Waals surface area contributed by atoms with Gasteiger partial charge in [-0.15, -0.1) is 0 Å². The van der Waals surface area contributed by atoms with Crippen LogP contribution >= 0.6 is 0 Å². The fourth-order valence-electron chi connectivity index (χ4n) is 4.73. The Bertz CT molecular complexity index is 458. The molecule has 2 bridgehead atoms.